The standard InChI is InChI=1S/C18H23N3O3S/c1-5-21-11(3)15(17(23)24-6-2)16(20-18(21)25)13-7-9-14(10-8-13)19-12(4)22/h7-10,16H,5-6H2,1-4H3,(H,19,22)(H,20,25)/t16-/m0/s1. The SMILES string of the molecule is CCOC(=O)C1=C(C)N(CC)C(=S)N[C@H]1c1ccc(NC(C)=O)cc1. The van der Waals surface area contributed by atoms with Gasteiger partial charge in [-0.3, -0.25) is 4.79 Å². The third-order valence-electron chi connectivity index (χ3n) is 3.97. The summed E-state index contributed by atoms with van der Waals surface area (Å²) in [4.78, 5) is 25.6. The van der Waals surface area contributed by atoms with Gasteiger partial charge < -0.3 is 20.3 Å². The molecule has 1 aliphatic heterocycles. The van der Waals surface area contributed by atoms with Crippen molar-refractivity contribution in [2.45, 2.75) is 33.7 Å². The first-order valence-electron chi connectivity index (χ1n) is 8.22. The Hall–Kier alpha value is -2.41. The van der Waals surface area contributed by atoms with Gasteiger partial charge in [-0.25, -0.2) is 4.79 Å². The lowest BCUT2D eigenvalue weighted by Gasteiger charge is -2.37. The molecule has 7 heteroatoms. The highest BCUT2D eigenvalue weighted by Crippen LogP contribution is 2.31. The molecule has 6 nitrogen and oxygen atoms in total. The van der Waals surface area contributed by atoms with Crippen LogP contribution in [0.2, 0.25) is 0 Å². The van der Waals surface area contributed by atoms with Crippen molar-refractivity contribution in [1.29, 1.82) is 0 Å². The summed E-state index contributed by atoms with van der Waals surface area (Å²) >= 11 is 5.44. The number of hydrogen-bond acceptors (Lipinski definition) is 4. The van der Waals surface area contributed by atoms with Crippen molar-refractivity contribution in [2.24, 2.45) is 0 Å². The maximum absolute atomic E-state index is 12.5. The van der Waals surface area contributed by atoms with Crippen LogP contribution >= 0.6 is 12.2 Å². The van der Waals surface area contributed by atoms with Crippen LogP contribution in [0.4, 0.5) is 5.69 Å². The molecular weight excluding hydrogens is 338 g/mol. The van der Waals surface area contributed by atoms with Gasteiger partial charge in [-0.1, -0.05) is 12.1 Å². The summed E-state index contributed by atoms with van der Waals surface area (Å²) in [6.07, 6.45) is 0. The van der Waals surface area contributed by atoms with E-state index in [-0.39, 0.29) is 17.9 Å². The second-order valence-electron chi connectivity index (χ2n) is 5.65. The Morgan fingerprint density at radius 3 is 2.44 bits per heavy atom. The number of carbonyl (C=O) groups excluding carboxylic acids is 2. The van der Waals surface area contributed by atoms with E-state index in [0.29, 0.717) is 29.5 Å². The molecule has 1 aromatic carbocycles. The summed E-state index contributed by atoms with van der Waals surface area (Å²) < 4.78 is 5.24. The number of ether oxygens (including phenoxy) is 1. The van der Waals surface area contributed by atoms with E-state index in [0.717, 1.165) is 11.3 Å². The summed E-state index contributed by atoms with van der Waals surface area (Å²) in [5.41, 5.74) is 2.91. The van der Waals surface area contributed by atoms with Crippen LogP contribution in [0, 0.1) is 0 Å². The van der Waals surface area contributed by atoms with Crippen molar-refractivity contribution in [1.82, 2.24) is 10.2 Å². The monoisotopic (exact) mass is 361 g/mol. The van der Waals surface area contributed by atoms with Crippen molar-refractivity contribution in [3.05, 3.63) is 41.1 Å². The highest BCUT2D eigenvalue weighted by Gasteiger charge is 2.34. The summed E-state index contributed by atoms with van der Waals surface area (Å²) in [6, 6.07) is 6.93. The third-order valence-corrected chi connectivity index (χ3v) is 4.31. The van der Waals surface area contributed by atoms with Crippen molar-refractivity contribution < 1.29 is 14.3 Å². The fourth-order valence-electron chi connectivity index (χ4n) is 2.85. The van der Waals surface area contributed by atoms with E-state index in [1.807, 2.05) is 30.9 Å². The molecule has 1 aromatic rings. The Morgan fingerprint density at radius 2 is 1.92 bits per heavy atom. The van der Waals surface area contributed by atoms with Crippen LogP contribution in [0.15, 0.2) is 35.5 Å². The molecule has 0 aliphatic carbocycles. The summed E-state index contributed by atoms with van der Waals surface area (Å²) in [5.74, 6) is -0.490. The van der Waals surface area contributed by atoms with E-state index >= 15 is 0 Å². The third kappa shape index (κ3) is 4.17. The highest BCUT2D eigenvalue weighted by molar-refractivity contribution is 7.80. The van der Waals surface area contributed by atoms with Gasteiger partial charge in [-0.2, -0.15) is 0 Å². The summed E-state index contributed by atoms with van der Waals surface area (Å²) in [5, 5.41) is 6.52. The largest absolute Gasteiger partial charge is 0.463 e. The average Bonchev–Trinajstić information content (AvgIpc) is 2.55. The lowest BCUT2D eigenvalue weighted by molar-refractivity contribution is -0.139. The Labute approximate surface area is 153 Å². The maximum Gasteiger partial charge on any atom is 0.338 e. The topological polar surface area (TPSA) is 70.7 Å². The van der Waals surface area contributed by atoms with Crippen LogP contribution in [0.25, 0.3) is 0 Å². The van der Waals surface area contributed by atoms with Crippen molar-refractivity contribution in [3.63, 3.8) is 0 Å². The molecule has 0 unspecified atom stereocenters. The van der Waals surface area contributed by atoms with Gasteiger partial charge in [0.1, 0.15) is 0 Å². The first kappa shape index (κ1) is 18.9. The Morgan fingerprint density at radius 1 is 1.28 bits per heavy atom. The zero-order valence-corrected chi connectivity index (χ0v) is 15.7. The zero-order valence-electron chi connectivity index (χ0n) is 14.9. The molecule has 0 fully saturated rings. The normalized spacial score (nSPS) is 17.2. The predicted molar refractivity (Wildman–Crippen MR) is 101 cm³/mol. The molecule has 0 saturated heterocycles. The van der Waals surface area contributed by atoms with Crippen LogP contribution in [-0.2, 0) is 14.3 Å². The molecule has 1 atom stereocenters. The molecule has 0 radical (unpaired) electrons. The lowest BCUT2D eigenvalue weighted by atomic mass is 9.95. The molecule has 1 amide bonds. The highest BCUT2D eigenvalue weighted by atomic mass is 32.1. The van der Waals surface area contributed by atoms with Gasteiger partial charge in [0, 0.05) is 24.9 Å². The van der Waals surface area contributed by atoms with Gasteiger partial charge >= 0.3 is 5.97 Å². The summed E-state index contributed by atoms with van der Waals surface area (Å²) in [6.45, 7) is 8.06. The number of rotatable bonds is 5. The molecule has 2 rings (SSSR count). The molecule has 0 spiro atoms. The number of allylic oxidation sites excluding steroid dienone is 1. The Bertz CT molecular complexity index is 713. The molecule has 2 N–H and O–H groups in total. The van der Waals surface area contributed by atoms with Crippen LogP contribution < -0.4 is 10.6 Å². The van der Waals surface area contributed by atoms with Gasteiger partial charge in [-0.05, 0) is 50.7 Å². The quantitative estimate of drug-likeness (QED) is 0.621. The van der Waals surface area contributed by atoms with Gasteiger partial charge in [0.25, 0.3) is 0 Å². The molecule has 0 saturated carbocycles. The average molecular weight is 361 g/mol. The van der Waals surface area contributed by atoms with Crippen LogP contribution in [0.5, 0.6) is 0 Å². The number of carbonyl (C=O) groups is 2. The number of nitrogens with zero attached hydrogens (tertiary/aromatic N) is 1. The summed E-state index contributed by atoms with van der Waals surface area (Å²) in [7, 11) is 0. The Balaban J connectivity index is 2.42. The van der Waals surface area contributed by atoms with E-state index < -0.39 is 0 Å². The lowest BCUT2D eigenvalue weighted by Crippen LogP contribution is -2.47. The molecule has 0 aromatic heterocycles. The molecule has 1 heterocycles. The number of amides is 1. The van der Waals surface area contributed by atoms with E-state index in [1.54, 1.807) is 19.1 Å². The molecular formula is C18H23N3O3S. The first-order valence-corrected chi connectivity index (χ1v) is 8.63. The van der Waals surface area contributed by atoms with Gasteiger partial charge in [0.2, 0.25) is 5.91 Å². The van der Waals surface area contributed by atoms with Gasteiger partial charge in [-0.15, -0.1) is 0 Å². The number of esters is 1. The van der Waals surface area contributed by atoms with Crippen LogP contribution in [0.1, 0.15) is 39.3 Å². The molecule has 1 aliphatic rings. The van der Waals surface area contributed by atoms with E-state index in [1.165, 1.54) is 6.92 Å². The van der Waals surface area contributed by atoms with Crippen molar-refractivity contribution >= 4 is 34.9 Å². The minimum absolute atomic E-state index is 0.133. The number of anilines is 1. The van der Waals surface area contributed by atoms with Crippen LogP contribution in [-0.4, -0.2) is 35.0 Å². The molecule has 134 valence electrons. The van der Waals surface area contributed by atoms with Crippen molar-refractivity contribution in [3.8, 4) is 0 Å². The predicted octanol–water partition coefficient (Wildman–Crippen LogP) is 2.73. The maximum atomic E-state index is 12.5. The van der Waals surface area contributed by atoms with Crippen molar-refractivity contribution in [2.75, 3.05) is 18.5 Å². The molecule has 0 bridgehead atoms. The first-order chi connectivity index (χ1) is 11.9. The second kappa shape index (κ2) is 8.11. The van der Waals surface area contributed by atoms with E-state index in [4.69, 9.17) is 17.0 Å². The second-order valence-corrected chi connectivity index (χ2v) is 6.04. The minimum atomic E-state index is -0.388. The van der Waals surface area contributed by atoms with E-state index in [9.17, 15) is 9.59 Å². The van der Waals surface area contributed by atoms with Crippen LogP contribution in [0.3, 0.4) is 0 Å². The minimum Gasteiger partial charge on any atom is -0.463 e. The number of thiocarbonyl (C=S) groups is 1. The van der Waals surface area contributed by atoms with E-state index in [2.05, 4.69) is 10.6 Å². The number of nitrogens with one attached hydrogen (secondary N) is 2. The molecule has 25 heavy (non-hydrogen) atoms. The zero-order chi connectivity index (χ0) is 18.6. The van der Waals surface area contributed by atoms with Gasteiger partial charge in [0.15, 0.2) is 5.11 Å². The fourth-order valence-corrected chi connectivity index (χ4v) is 3.23. The Kier molecular flexibility index (Phi) is 6.14. The smallest absolute Gasteiger partial charge is 0.338 e. The number of hydrogen-bond donors (Lipinski definition) is 2. The van der Waals surface area contributed by atoms with Gasteiger partial charge in [0.05, 0.1) is 18.2 Å². The number of benzene rings is 1. The fraction of sp³-hybridized carbons (Fsp3) is 0.389.